The van der Waals surface area contributed by atoms with Gasteiger partial charge in [-0.3, -0.25) is 9.69 Å². The molecule has 0 aromatic carbocycles. The lowest BCUT2D eigenvalue weighted by molar-refractivity contribution is -0.127. The van der Waals surface area contributed by atoms with Crippen LogP contribution >= 0.6 is 0 Å². The second-order valence-electron chi connectivity index (χ2n) is 6.43. The van der Waals surface area contributed by atoms with Crippen LogP contribution in [0.25, 0.3) is 0 Å². The standard InChI is InChI=1S/C16H29NO2/c1-3-16(19,4-2)12-17-11-7-9-14(17)13-8-5-6-10-15(13)18/h13-14,19H,3-12H2,1-2H3. The van der Waals surface area contributed by atoms with Crippen LogP contribution in [0, 0.1) is 5.92 Å². The smallest absolute Gasteiger partial charge is 0.137 e. The first kappa shape index (κ1) is 15.0. The summed E-state index contributed by atoms with van der Waals surface area (Å²) >= 11 is 0. The summed E-state index contributed by atoms with van der Waals surface area (Å²) in [4.78, 5) is 14.5. The Kier molecular flexibility index (Phi) is 5.02. The molecule has 1 aliphatic carbocycles. The first-order valence-corrected chi connectivity index (χ1v) is 8.09. The van der Waals surface area contributed by atoms with Crippen LogP contribution in [0.15, 0.2) is 0 Å². The number of hydrogen-bond acceptors (Lipinski definition) is 3. The largest absolute Gasteiger partial charge is 0.389 e. The predicted octanol–water partition coefficient (Wildman–Crippen LogP) is 2.76. The van der Waals surface area contributed by atoms with E-state index in [1.165, 1.54) is 12.8 Å². The molecule has 2 unspecified atom stereocenters. The molecule has 2 fully saturated rings. The molecule has 2 atom stereocenters. The third-order valence-electron chi connectivity index (χ3n) is 5.29. The van der Waals surface area contributed by atoms with Gasteiger partial charge in [0.2, 0.25) is 0 Å². The maximum Gasteiger partial charge on any atom is 0.137 e. The molecule has 1 saturated heterocycles. The van der Waals surface area contributed by atoms with Crippen LogP contribution < -0.4 is 0 Å². The Morgan fingerprint density at radius 2 is 1.95 bits per heavy atom. The summed E-state index contributed by atoms with van der Waals surface area (Å²) in [6.07, 6.45) is 8.04. The fourth-order valence-electron chi connectivity index (χ4n) is 3.77. The van der Waals surface area contributed by atoms with Gasteiger partial charge < -0.3 is 5.11 Å². The summed E-state index contributed by atoms with van der Waals surface area (Å²) in [5.41, 5.74) is -0.569. The summed E-state index contributed by atoms with van der Waals surface area (Å²) in [7, 11) is 0. The number of carbonyl (C=O) groups is 1. The van der Waals surface area contributed by atoms with Crippen LogP contribution in [0.5, 0.6) is 0 Å². The second kappa shape index (κ2) is 6.36. The van der Waals surface area contributed by atoms with Crippen LogP contribution in [0.2, 0.25) is 0 Å². The minimum absolute atomic E-state index is 0.245. The van der Waals surface area contributed by atoms with Crippen LogP contribution in [0.1, 0.15) is 65.2 Å². The molecule has 3 nitrogen and oxygen atoms in total. The third-order valence-corrected chi connectivity index (χ3v) is 5.29. The number of aliphatic hydroxyl groups is 1. The van der Waals surface area contributed by atoms with E-state index in [4.69, 9.17) is 0 Å². The molecule has 2 rings (SSSR count). The molecule has 0 bridgehead atoms. The van der Waals surface area contributed by atoms with Crippen molar-refractivity contribution in [2.24, 2.45) is 5.92 Å². The minimum Gasteiger partial charge on any atom is -0.389 e. The number of ketones is 1. The van der Waals surface area contributed by atoms with Crippen molar-refractivity contribution >= 4 is 5.78 Å². The molecule has 0 aromatic rings. The molecule has 19 heavy (non-hydrogen) atoms. The number of hydrogen-bond donors (Lipinski definition) is 1. The Balaban J connectivity index is 2.02. The maximum atomic E-state index is 12.1. The fourth-order valence-corrected chi connectivity index (χ4v) is 3.77. The molecule has 110 valence electrons. The first-order valence-electron chi connectivity index (χ1n) is 8.09. The third kappa shape index (κ3) is 3.38. The Bertz CT molecular complexity index is 312. The van der Waals surface area contributed by atoms with E-state index in [-0.39, 0.29) is 5.92 Å². The van der Waals surface area contributed by atoms with Gasteiger partial charge in [-0.05, 0) is 45.1 Å². The molecule has 1 saturated carbocycles. The van der Waals surface area contributed by atoms with Crippen LogP contribution in [0.4, 0.5) is 0 Å². The fraction of sp³-hybridized carbons (Fsp3) is 0.938. The molecule has 0 amide bonds. The van der Waals surface area contributed by atoms with Crippen molar-refractivity contribution in [1.29, 1.82) is 0 Å². The highest BCUT2D eigenvalue weighted by molar-refractivity contribution is 5.82. The van der Waals surface area contributed by atoms with Gasteiger partial charge in [-0.2, -0.15) is 0 Å². The Labute approximate surface area is 117 Å². The van der Waals surface area contributed by atoms with E-state index >= 15 is 0 Å². The van der Waals surface area contributed by atoms with Crippen molar-refractivity contribution in [1.82, 2.24) is 4.90 Å². The van der Waals surface area contributed by atoms with E-state index in [1.807, 2.05) is 0 Å². The maximum absolute atomic E-state index is 12.1. The van der Waals surface area contributed by atoms with Crippen molar-refractivity contribution in [2.75, 3.05) is 13.1 Å². The Morgan fingerprint density at radius 1 is 1.21 bits per heavy atom. The molecular weight excluding hydrogens is 238 g/mol. The monoisotopic (exact) mass is 267 g/mol. The lowest BCUT2D eigenvalue weighted by Crippen LogP contribution is -2.48. The van der Waals surface area contributed by atoms with Gasteiger partial charge in [0.05, 0.1) is 5.60 Å². The minimum atomic E-state index is -0.569. The van der Waals surface area contributed by atoms with Crippen molar-refractivity contribution in [3.8, 4) is 0 Å². The van der Waals surface area contributed by atoms with Crippen molar-refractivity contribution in [2.45, 2.75) is 76.9 Å². The van der Waals surface area contributed by atoms with E-state index in [2.05, 4.69) is 18.7 Å². The highest BCUT2D eigenvalue weighted by Crippen LogP contribution is 2.33. The van der Waals surface area contributed by atoms with Crippen molar-refractivity contribution < 1.29 is 9.90 Å². The number of β-amino-alcohol motifs (C(OH)–C–C–N with tert-alkyl or cyclic N) is 1. The van der Waals surface area contributed by atoms with Crippen LogP contribution in [-0.4, -0.2) is 40.5 Å². The molecule has 1 aliphatic heterocycles. The van der Waals surface area contributed by atoms with Crippen LogP contribution in [0.3, 0.4) is 0 Å². The topological polar surface area (TPSA) is 40.5 Å². The second-order valence-corrected chi connectivity index (χ2v) is 6.43. The van der Waals surface area contributed by atoms with Crippen LogP contribution in [-0.2, 0) is 4.79 Å². The molecular formula is C16H29NO2. The summed E-state index contributed by atoms with van der Waals surface area (Å²) in [5.74, 6) is 0.717. The van der Waals surface area contributed by atoms with Gasteiger partial charge in [0, 0.05) is 24.9 Å². The highest BCUT2D eigenvalue weighted by Gasteiger charge is 2.39. The number of carbonyl (C=O) groups excluding carboxylic acids is 1. The summed E-state index contributed by atoms with van der Waals surface area (Å²) in [6.45, 7) is 5.91. The van der Waals surface area contributed by atoms with E-state index in [0.29, 0.717) is 11.8 Å². The number of rotatable bonds is 5. The molecule has 1 N–H and O–H groups in total. The number of likely N-dealkylation sites (tertiary alicyclic amines) is 1. The SMILES string of the molecule is CCC(O)(CC)CN1CCCC1C1CCCCC1=O. The zero-order valence-electron chi connectivity index (χ0n) is 12.5. The van der Waals surface area contributed by atoms with Gasteiger partial charge in [0.15, 0.2) is 0 Å². The molecule has 3 heteroatoms. The zero-order chi connectivity index (χ0) is 13.9. The lowest BCUT2D eigenvalue weighted by atomic mass is 9.81. The van der Waals surface area contributed by atoms with Gasteiger partial charge in [-0.15, -0.1) is 0 Å². The van der Waals surface area contributed by atoms with Gasteiger partial charge in [-0.25, -0.2) is 0 Å². The summed E-state index contributed by atoms with van der Waals surface area (Å²) in [6, 6.07) is 0.400. The predicted molar refractivity (Wildman–Crippen MR) is 77.1 cm³/mol. The van der Waals surface area contributed by atoms with E-state index < -0.39 is 5.60 Å². The quantitative estimate of drug-likeness (QED) is 0.832. The van der Waals surface area contributed by atoms with Crippen molar-refractivity contribution in [3.63, 3.8) is 0 Å². The van der Waals surface area contributed by atoms with E-state index in [0.717, 1.165) is 51.6 Å². The van der Waals surface area contributed by atoms with Gasteiger partial charge in [-0.1, -0.05) is 20.3 Å². The first-order chi connectivity index (χ1) is 9.09. The zero-order valence-corrected chi connectivity index (χ0v) is 12.5. The molecule has 2 aliphatic rings. The Hall–Kier alpha value is -0.410. The summed E-state index contributed by atoms with van der Waals surface area (Å²) < 4.78 is 0. The average Bonchev–Trinajstić information content (AvgIpc) is 2.87. The van der Waals surface area contributed by atoms with E-state index in [1.54, 1.807) is 0 Å². The van der Waals surface area contributed by atoms with E-state index in [9.17, 15) is 9.90 Å². The number of Topliss-reactive ketones (excluding diaryl/α,β-unsaturated/α-hetero) is 1. The van der Waals surface area contributed by atoms with Gasteiger partial charge >= 0.3 is 0 Å². The molecule has 1 heterocycles. The molecule has 0 aromatic heterocycles. The summed E-state index contributed by atoms with van der Waals surface area (Å²) in [5, 5.41) is 10.5. The average molecular weight is 267 g/mol. The number of nitrogens with zero attached hydrogens (tertiary/aromatic N) is 1. The molecule has 0 spiro atoms. The molecule has 0 radical (unpaired) electrons. The van der Waals surface area contributed by atoms with Gasteiger partial charge in [0.25, 0.3) is 0 Å². The normalized spacial score (nSPS) is 29.9. The highest BCUT2D eigenvalue weighted by atomic mass is 16.3. The Morgan fingerprint density at radius 3 is 2.58 bits per heavy atom. The lowest BCUT2D eigenvalue weighted by Gasteiger charge is -2.37. The van der Waals surface area contributed by atoms with Crippen molar-refractivity contribution in [3.05, 3.63) is 0 Å². The van der Waals surface area contributed by atoms with Gasteiger partial charge in [0.1, 0.15) is 5.78 Å².